The van der Waals surface area contributed by atoms with E-state index in [-0.39, 0.29) is 5.91 Å². The molecule has 1 N–H and O–H groups in total. The largest absolute Gasteiger partial charge is 0.466 e. The Morgan fingerprint density at radius 2 is 2.24 bits per heavy atom. The summed E-state index contributed by atoms with van der Waals surface area (Å²) in [5.41, 5.74) is 1.70. The molecule has 1 aliphatic heterocycles. The number of carbonyl (C=O) groups is 2. The first-order chi connectivity index (χ1) is 10.1. The molecule has 0 saturated carbocycles. The van der Waals surface area contributed by atoms with Gasteiger partial charge in [0.2, 0.25) is 0 Å². The van der Waals surface area contributed by atoms with Gasteiger partial charge in [-0.1, -0.05) is 11.3 Å². The van der Waals surface area contributed by atoms with Crippen molar-refractivity contribution in [2.75, 3.05) is 12.4 Å². The fourth-order valence-corrected chi connectivity index (χ4v) is 2.91. The Kier molecular flexibility index (Phi) is 3.48. The number of fused-ring (bicyclic) bond motifs is 1. The van der Waals surface area contributed by atoms with Gasteiger partial charge in [-0.25, -0.2) is 9.78 Å². The van der Waals surface area contributed by atoms with Crippen LogP contribution in [0.4, 0.5) is 5.13 Å². The minimum absolute atomic E-state index is 0.337. The molecule has 0 atom stereocenters. The van der Waals surface area contributed by atoms with Crippen LogP contribution in [-0.2, 0) is 22.7 Å². The van der Waals surface area contributed by atoms with E-state index in [1.54, 1.807) is 6.92 Å². The number of hydrogen-bond acceptors (Lipinski definition) is 7. The zero-order valence-corrected chi connectivity index (χ0v) is 12.2. The Morgan fingerprint density at radius 3 is 3.00 bits per heavy atom. The second-order valence-corrected chi connectivity index (χ2v) is 5.42. The molecule has 1 amide bonds. The third-order valence-corrected chi connectivity index (χ3v) is 4.15. The van der Waals surface area contributed by atoms with E-state index in [0.29, 0.717) is 40.2 Å². The van der Waals surface area contributed by atoms with Crippen molar-refractivity contribution in [1.29, 1.82) is 0 Å². The Morgan fingerprint density at radius 1 is 1.43 bits per heavy atom. The van der Waals surface area contributed by atoms with Crippen LogP contribution >= 0.6 is 11.3 Å². The molecule has 3 heterocycles. The van der Waals surface area contributed by atoms with Crippen molar-refractivity contribution in [2.24, 2.45) is 0 Å². The van der Waals surface area contributed by atoms with Crippen molar-refractivity contribution in [2.45, 2.75) is 20.1 Å². The Balaban J connectivity index is 1.80. The number of methoxy groups -OCH3 is 1. The number of anilines is 1. The van der Waals surface area contributed by atoms with Crippen LogP contribution in [0.15, 0.2) is 10.7 Å². The molecule has 0 radical (unpaired) electrons. The summed E-state index contributed by atoms with van der Waals surface area (Å²) in [6.07, 6.45) is 1.41. The zero-order chi connectivity index (χ0) is 15.0. The number of aromatic nitrogens is 1. The number of amides is 1. The molecular formula is C13H12N2O5S. The average Bonchev–Trinajstić information content (AvgIpc) is 3.12. The number of nitrogens with one attached hydrogen (secondary N) is 1. The molecule has 110 valence electrons. The van der Waals surface area contributed by atoms with Gasteiger partial charge >= 0.3 is 5.97 Å². The summed E-state index contributed by atoms with van der Waals surface area (Å²) in [4.78, 5) is 28.3. The highest BCUT2D eigenvalue weighted by Crippen LogP contribution is 2.28. The van der Waals surface area contributed by atoms with Crippen LogP contribution in [-0.4, -0.2) is 24.0 Å². The lowest BCUT2D eigenvalue weighted by Gasteiger charge is -2.00. The number of furan rings is 1. The summed E-state index contributed by atoms with van der Waals surface area (Å²) < 4.78 is 15.1. The minimum atomic E-state index is -0.469. The van der Waals surface area contributed by atoms with E-state index in [2.05, 4.69) is 15.0 Å². The van der Waals surface area contributed by atoms with Crippen molar-refractivity contribution >= 4 is 28.3 Å². The van der Waals surface area contributed by atoms with Gasteiger partial charge in [-0.05, 0) is 6.92 Å². The standard InChI is InChI=1S/C13H12N2O5S/c1-6-10(12(17)18-2)21-13(14-6)15-11(16)8-4-20-9-5-19-3-7(8)9/h4H,3,5H2,1-2H3,(H,14,15,16). The lowest BCUT2D eigenvalue weighted by Crippen LogP contribution is -2.12. The summed E-state index contributed by atoms with van der Waals surface area (Å²) in [7, 11) is 1.30. The highest BCUT2D eigenvalue weighted by atomic mass is 32.1. The van der Waals surface area contributed by atoms with Gasteiger partial charge in [0.25, 0.3) is 5.91 Å². The first-order valence-corrected chi connectivity index (χ1v) is 6.96. The highest BCUT2D eigenvalue weighted by molar-refractivity contribution is 7.17. The van der Waals surface area contributed by atoms with Gasteiger partial charge in [0.05, 0.1) is 25.0 Å². The summed E-state index contributed by atoms with van der Waals surface area (Å²) in [6, 6.07) is 0. The Bertz CT molecular complexity index is 718. The van der Waals surface area contributed by atoms with Crippen molar-refractivity contribution < 1.29 is 23.5 Å². The normalized spacial score (nSPS) is 13.0. The number of nitrogens with zero attached hydrogens (tertiary/aromatic N) is 1. The van der Waals surface area contributed by atoms with Crippen LogP contribution in [0.5, 0.6) is 0 Å². The van der Waals surface area contributed by atoms with E-state index in [1.807, 2.05) is 0 Å². The summed E-state index contributed by atoms with van der Waals surface area (Å²) in [5, 5.41) is 3.00. The number of rotatable bonds is 3. The van der Waals surface area contributed by atoms with Crippen LogP contribution in [0.3, 0.4) is 0 Å². The van der Waals surface area contributed by atoms with E-state index in [4.69, 9.17) is 9.15 Å². The molecule has 0 unspecified atom stereocenters. The molecule has 7 nitrogen and oxygen atoms in total. The third kappa shape index (κ3) is 2.43. The van der Waals surface area contributed by atoms with Gasteiger partial charge in [0.15, 0.2) is 5.13 Å². The fraction of sp³-hybridized carbons (Fsp3) is 0.308. The molecule has 0 saturated heterocycles. The predicted molar refractivity (Wildman–Crippen MR) is 73.3 cm³/mol. The molecule has 8 heteroatoms. The van der Waals surface area contributed by atoms with Crippen molar-refractivity contribution in [3.05, 3.63) is 33.7 Å². The van der Waals surface area contributed by atoms with Gasteiger partial charge in [-0.2, -0.15) is 0 Å². The fourth-order valence-electron chi connectivity index (χ4n) is 2.03. The molecule has 21 heavy (non-hydrogen) atoms. The molecule has 2 aromatic heterocycles. The number of aryl methyl sites for hydroxylation is 1. The molecule has 0 fully saturated rings. The van der Waals surface area contributed by atoms with E-state index < -0.39 is 5.97 Å². The summed E-state index contributed by atoms with van der Waals surface area (Å²) in [5.74, 6) is -0.135. The van der Waals surface area contributed by atoms with Crippen molar-refractivity contribution in [3.63, 3.8) is 0 Å². The predicted octanol–water partition coefficient (Wildman–Crippen LogP) is 2.11. The van der Waals surface area contributed by atoms with Crippen molar-refractivity contribution in [3.8, 4) is 0 Å². The monoisotopic (exact) mass is 308 g/mol. The van der Waals surface area contributed by atoms with Crippen LogP contribution in [0.1, 0.15) is 37.0 Å². The maximum Gasteiger partial charge on any atom is 0.350 e. The number of esters is 1. The third-order valence-electron chi connectivity index (χ3n) is 3.09. The second-order valence-electron chi connectivity index (χ2n) is 4.42. The average molecular weight is 308 g/mol. The molecule has 2 aromatic rings. The van der Waals surface area contributed by atoms with Crippen LogP contribution in [0, 0.1) is 6.92 Å². The first-order valence-electron chi connectivity index (χ1n) is 6.14. The highest BCUT2D eigenvalue weighted by Gasteiger charge is 2.25. The Labute approximate surface area is 123 Å². The second kappa shape index (κ2) is 5.30. The molecule has 0 aliphatic carbocycles. The van der Waals surface area contributed by atoms with E-state index in [0.717, 1.165) is 16.9 Å². The summed E-state index contributed by atoms with van der Waals surface area (Å²) in [6.45, 7) is 2.42. The van der Waals surface area contributed by atoms with E-state index in [1.165, 1.54) is 13.4 Å². The van der Waals surface area contributed by atoms with Crippen LogP contribution in [0.25, 0.3) is 0 Å². The molecule has 0 bridgehead atoms. The van der Waals surface area contributed by atoms with Gasteiger partial charge in [0, 0.05) is 5.56 Å². The molecular weight excluding hydrogens is 296 g/mol. The van der Waals surface area contributed by atoms with Gasteiger partial charge in [0.1, 0.15) is 23.5 Å². The number of thiazole rings is 1. The SMILES string of the molecule is COC(=O)c1sc(NC(=O)c2coc3c2COC3)nc1C. The molecule has 3 rings (SSSR count). The first kappa shape index (κ1) is 13.8. The van der Waals surface area contributed by atoms with Gasteiger partial charge < -0.3 is 13.9 Å². The van der Waals surface area contributed by atoms with Crippen LogP contribution in [0.2, 0.25) is 0 Å². The van der Waals surface area contributed by atoms with Crippen LogP contribution < -0.4 is 5.32 Å². The van der Waals surface area contributed by atoms with E-state index in [9.17, 15) is 9.59 Å². The summed E-state index contributed by atoms with van der Waals surface area (Å²) >= 11 is 1.07. The maximum absolute atomic E-state index is 12.2. The topological polar surface area (TPSA) is 90.7 Å². The lowest BCUT2D eigenvalue weighted by molar-refractivity contribution is 0.0605. The number of carbonyl (C=O) groups excluding carboxylic acids is 2. The molecule has 0 spiro atoms. The minimum Gasteiger partial charge on any atom is -0.466 e. The Hall–Kier alpha value is -2.19. The lowest BCUT2D eigenvalue weighted by atomic mass is 10.1. The van der Waals surface area contributed by atoms with Crippen molar-refractivity contribution in [1.82, 2.24) is 4.98 Å². The van der Waals surface area contributed by atoms with Gasteiger partial charge in [-0.3, -0.25) is 10.1 Å². The quantitative estimate of drug-likeness (QED) is 0.873. The number of ether oxygens (including phenoxy) is 2. The molecule has 1 aliphatic rings. The zero-order valence-electron chi connectivity index (χ0n) is 11.4. The van der Waals surface area contributed by atoms with Gasteiger partial charge in [-0.15, -0.1) is 0 Å². The number of hydrogen-bond donors (Lipinski definition) is 1. The van der Waals surface area contributed by atoms with E-state index >= 15 is 0 Å². The molecule has 0 aromatic carbocycles. The maximum atomic E-state index is 12.2. The smallest absolute Gasteiger partial charge is 0.350 e.